The molecular formula is C17H23N2O3+. The standard InChI is InChI=1S/C17H22N2O3/c1-12-7-9-18(10-8-12)15-11-16(20)19(17(15)21)13-3-5-14(22-2)6-4-13/h3-6,12,15H,7-11H2,1-2H3/p+1/t15-/m1/s1. The Labute approximate surface area is 130 Å². The number of anilines is 1. The molecule has 2 heterocycles. The number of piperidine rings is 1. The predicted molar refractivity (Wildman–Crippen MR) is 83.0 cm³/mol. The van der Waals surface area contributed by atoms with Crippen LogP contribution in [0.5, 0.6) is 5.75 Å². The molecule has 22 heavy (non-hydrogen) atoms. The summed E-state index contributed by atoms with van der Waals surface area (Å²) in [6, 6.07) is 6.88. The van der Waals surface area contributed by atoms with E-state index in [9.17, 15) is 9.59 Å². The van der Waals surface area contributed by atoms with E-state index in [0.29, 0.717) is 12.1 Å². The third-order valence-electron chi connectivity index (χ3n) is 4.89. The van der Waals surface area contributed by atoms with Crippen LogP contribution < -0.4 is 14.5 Å². The molecule has 5 nitrogen and oxygen atoms in total. The number of likely N-dealkylation sites (tertiary alicyclic amines) is 1. The van der Waals surface area contributed by atoms with Gasteiger partial charge in [-0.05, 0) is 43.0 Å². The zero-order chi connectivity index (χ0) is 15.7. The number of rotatable bonds is 3. The molecule has 1 aromatic rings. The van der Waals surface area contributed by atoms with Gasteiger partial charge >= 0.3 is 0 Å². The molecule has 0 aromatic heterocycles. The van der Waals surface area contributed by atoms with E-state index < -0.39 is 0 Å². The number of benzene rings is 1. The molecule has 1 atom stereocenters. The van der Waals surface area contributed by atoms with Crippen molar-refractivity contribution in [2.24, 2.45) is 5.92 Å². The van der Waals surface area contributed by atoms with Gasteiger partial charge in [0, 0.05) is 0 Å². The van der Waals surface area contributed by atoms with Crippen LogP contribution in [0.2, 0.25) is 0 Å². The number of carbonyl (C=O) groups is 2. The molecular weight excluding hydrogens is 280 g/mol. The quantitative estimate of drug-likeness (QED) is 0.834. The third kappa shape index (κ3) is 2.73. The first-order chi connectivity index (χ1) is 10.6. The van der Waals surface area contributed by atoms with Crippen LogP contribution >= 0.6 is 0 Å². The predicted octanol–water partition coefficient (Wildman–Crippen LogP) is 0.642. The SMILES string of the molecule is COc1ccc(N2C(=O)C[C@@H]([NH+]3CCC(C)CC3)C2=O)cc1. The molecule has 2 amide bonds. The minimum absolute atomic E-state index is 0.0558. The largest absolute Gasteiger partial charge is 0.497 e. The van der Waals surface area contributed by atoms with E-state index in [1.807, 2.05) is 0 Å². The highest BCUT2D eigenvalue weighted by molar-refractivity contribution is 6.21. The Kier molecular flexibility index (Phi) is 4.16. The van der Waals surface area contributed by atoms with E-state index >= 15 is 0 Å². The van der Waals surface area contributed by atoms with Crippen molar-refractivity contribution in [3.05, 3.63) is 24.3 Å². The first-order valence-corrected chi connectivity index (χ1v) is 7.95. The van der Waals surface area contributed by atoms with E-state index in [2.05, 4.69) is 6.92 Å². The molecule has 0 radical (unpaired) electrons. The second-order valence-electron chi connectivity index (χ2n) is 6.36. The molecule has 5 heteroatoms. The number of carbonyl (C=O) groups excluding carboxylic acids is 2. The highest BCUT2D eigenvalue weighted by atomic mass is 16.5. The maximum Gasteiger partial charge on any atom is 0.292 e. The van der Waals surface area contributed by atoms with Crippen LogP contribution in [0, 0.1) is 5.92 Å². The Bertz CT molecular complexity index is 562. The maximum absolute atomic E-state index is 12.7. The van der Waals surface area contributed by atoms with Gasteiger partial charge in [-0.25, -0.2) is 4.90 Å². The number of hydrogen-bond donors (Lipinski definition) is 1. The van der Waals surface area contributed by atoms with Gasteiger partial charge in [0.25, 0.3) is 5.91 Å². The molecule has 0 spiro atoms. The van der Waals surface area contributed by atoms with Crippen molar-refractivity contribution in [1.82, 2.24) is 0 Å². The summed E-state index contributed by atoms with van der Waals surface area (Å²) in [5.74, 6) is 1.30. The molecule has 0 unspecified atom stereocenters. The van der Waals surface area contributed by atoms with E-state index in [0.717, 1.165) is 37.6 Å². The fraction of sp³-hybridized carbons (Fsp3) is 0.529. The highest BCUT2D eigenvalue weighted by Crippen LogP contribution is 2.24. The van der Waals surface area contributed by atoms with Crippen LogP contribution in [0.1, 0.15) is 26.2 Å². The second kappa shape index (κ2) is 6.08. The van der Waals surface area contributed by atoms with Crippen LogP contribution in [0.15, 0.2) is 24.3 Å². The van der Waals surface area contributed by atoms with Crippen molar-refractivity contribution in [2.45, 2.75) is 32.2 Å². The van der Waals surface area contributed by atoms with E-state index in [1.54, 1.807) is 31.4 Å². The van der Waals surface area contributed by atoms with Gasteiger partial charge in [0.2, 0.25) is 5.91 Å². The number of imide groups is 1. The molecule has 2 aliphatic heterocycles. The van der Waals surface area contributed by atoms with Crippen LogP contribution in [0.4, 0.5) is 5.69 Å². The lowest BCUT2D eigenvalue weighted by atomic mass is 9.97. The Morgan fingerprint density at radius 1 is 1.14 bits per heavy atom. The zero-order valence-electron chi connectivity index (χ0n) is 13.2. The van der Waals surface area contributed by atoms with Gasteiger partial charge in [-0.15, -0.1) is 0 Å². The summed E-state index contributed by atoms with van der Waals surface area (Å²) in [6.07, 6.45) is 2.60. The van der Waals surface area contributed by atoms with Crippen LogP contribution in [-0.2, 0) is 9.59 Å². The summed E-state index contributed by atoms with van der Waals surface area (Å²) >= 11 is 0. The molecule has 0 bridgehead atoms. The Balaban J connectivity index is 1.76. The number of nitrogens with zero attached hydrogens (tertiary/aromatic N) is 1. The van der Waals surface area contributed by atoms with Gasteiger partial charge in [-0.1, -0.05) is 6.92 Å². The van der Waals surface area contributed by atoms with Gasteiger partial charge in [-0.2, -0.15) is 0 Å². The Morgan fingerprint density at radius 2 is 1.77 bits per heavy atom. The summed E-state index contributed by atoms with van der Waals surface area (Å²) in [5, 5.41) is 0. The van der Waals surface area contributed by atoms with Gasteiger partial charge in [0.1, 0.15) is 5.75 Å². The highest BCUT2D eigenvalue weighted by Gasteiger charge is 2.46. The number of ether oxygens (including phenoxy) is 1. The third-order valence-corrected chi connectivity index (χ3v) is 4.89. The van der Waals surface area contributed by atoms with Gasteiger partial charge in [0.05, 0.1) is 32.3 Å². The van der Waals surface area contributed by atoms with E-state index in [4.69, 9.17) is 4.74 Å². The lowest BCUT2D eigenvalue weighted by Gasteiger charge is -2.30. The summed E-state index contributed by atoms with van der Waals surface area (Å²) in [6.45, 7) is 4.23. The second-order valence-corrected chi connectivity index (χ2v) is 6.36. The normalized spacial score (nSPS) is 29.0. The number of quaternary nitrogens is 1. The van der Waals surface area contributed by atoms with Crippen LogP contribution in [-0.4, -0.2) is 38.1 Å². The van der Waals surface area contributed by atoms with Crippen molar-refractivity contribution >= 4 is 17.5 Å². The van der Waals surface area contributed by atoms with E-state index in [1.165, 1.54) is 9.80 Å². The number of hydrogen-bond acceptors (Lipinski definition) is 3. The first-order valence-electron chi connectivity index (χ1n) is 7.95. The smallest absolute Gasteiger partial charge is 0.292 e. The molecule has 118 valence electrons. The lowest BCUT2D eigenvalue weighted by molar-refractivity contribution is -0.920. The summed E-state index contributed by atoms with van der Waals surface area (Å²) < 4.78 is 5.12. The minimum atomic E-state index is -0.206. The van der Waals surface area contributed by atoms with Gasteiger partial charge in [0.15, 0.2) is 6.04 Å². The van der Waals surface area contributed by atoms with Crippen LogP contribution in [0.25, 0.3) is 0 Å². The summed E-state index contributed by atoms with van der Waals surface area (Å²) in [5.41, 5.74) is 0.642. The number of methoxy groups -OCH3 is 1. The molecule has 1 N–H and O–H groups in total. The molecule has 2 aliphatic rings. The summed E-state index contributed by atoms with van der Waals surface area (Å²) in [4.78, 5) is 27.6. The van der Waals surface area contributed by atoms with Crippen molar-refractivity contribution in [3.63, 3.8) is 0 Å². The molecule has 0 saturated carbocycles. The first kappa shape index (κ1) is 15.0. The van der Waals surface area contributed by atoms with Gasteiger partial charge in [-0.3, -0.25) is 9.59 Å². The molecule has 1 aromatic carbocycles. The van der Waals surface area contributed by atoms with Crippen molar-refractivity contribution in [1.29, 1.82) is 0 Å². The molecule has 2 saturated heterocycles. The van der Waals surface area contributed by atoms with Crippen molar-refractivity contribution in [3.8, 4) is 5.75 Å². The van der Waals surface area contributed by atoms with Crippen LogP contribution in [0.3, 0.4) is 0 Å². The maximum atomic E-state index is 12.7. The zero-order valence-corrected chi connectivity index (χ0v) is 13.2. The minimum Gasteiger partial charge on any atom is -0.497 e. The molecule has 3 rings (SSSR count). The number of nitrogens with one attached hydrogen (secondary N) is 1. The Morgan fingerprint density at radius 3 is 2.36 bits per heavy atom. The monoisotopic (exact) mass is 303 g/mol. The average Bonchev–Trinajstić information content (AvgIpc) is 2.83. The fourth-order valence-corrected chi connectivity index (χ4v) is 3.43. The number of amides is 2. The average molecular weight is 303 g/mol. The Hall–Kier alpha value is -1.88. The lowest BCUT2D eigenvalue weighted by Crippen LogP contribution is -3.17. The van der Waals surface area contributed by atoms with Crippen molar-refractivity contribution < 1.29 is 19.2 Å². The topological polar surface area (TPSA) is 51.0 Å². The van der Waals surface area contributed by atoms with E-state index in [-0.39, 0.29) is 17.9 Å². The summed E-state index contributed by atoms with van der Waals surface area (Å²) in [7, 11) is 1.60. The molecule has 0 aliphatic carbocycles. The van der Waals surface area contributed by atoms with Gasteiger partial charge < -0.3 is 9.64 Å². The molecule has 2 fully saturated rings. The fourth-order valence-electron chi connectivity index (χ4n) is 3.43. The van der Waals surface area contributed by atoms with Crippen molar-refractivity contribution in [2.75, 3.05) is 25.1 Å².